The summed E-state index contributed by atoms with van der Waals surface area (Å²) in [6.07, 6.45) is 1.37. The van der Waals surface area contributed by atoms with Crippen LogP contribution in [-0.2, 0) is 4.74 Å². The lowest BCUT2D eigenvalue weighted by molar-refractivity contribution is 0.0513. The van der Waals surface area contributed by atoms with Crippen molar-refractivity contribution >= 4 is 24.2 Å². The summed E-state index contributed by atoms with van der Waals surface area (Å²) < 4.78 is 4.65. The van der Waals surface area contributed by atoms with Gasteiger partial charge in [0, 0.05) is 0 Å². The first-order chi connectivity index (χ1) is 5.24. The number of imidazole rings is 1. The van der Waals surface area contributed by atoms with Crippen LogP contribution in [0.5, 0.6) is 0 Å². The first kappa shape index (κ1) is 10.8. The van der Waals surface area contributed by atoms with Gasteiger partial charge in [0.2, 0.25) is 5.82 Å². The molecule has 0 fully saturated rings. The molecule has 0 saturated heterocycles. The molecule has 1 aromatic rings. The van der Waals surface area contributed by atoms with Gasteiger partial charge >= 0.3 is 5.97 Å². The van der Waals surface area contributed by atoms with Crippen molar-refractivity contribution in [1.82, 2.24) is 9.97 Å². The summed E-state index contributed by atoms with van der Waals surface area (Å²) in [6.45, 7) is 2.06. The number of nitrogens with two attached hydrogens (primary N) is 1. The van der Waals surface area contributed by atoms with Crippen molar-refractivity contribution in [2.75, 3.05) is 12.3 Å². The molecule has 0 amide bonds. The van der Waals surface area contributed by atoms with E-state index in [4.69, 9.17) is 5.73 Å². The second-order valence-electron chi connectivity index (χ2n) is 1.91. The van der Waals surface area contributed by atoms with Crippen molar-refractivity contribution in [2.24, 2.45) is 0 Å². The molecule has 1 heterocycles. The fraction of sp³-hybridized carbons (Fsp3) is 0.333. The summed E-state index contributed by atoms with van der Waals surface area (Å²) in [6, 6.07) is 0. The molecule has 0 bridgehead atoms. The normalized spacial score (nSPS) is 8.75. The predicted octanol–water partition coefficient (Wildman–Crippen LogP) is 0.590. The summed E-state index contributed by atoms with van der Waals surface area (Å²) in [5.41, 5.74) is 5.29. The number of carbonyl (C=O) groups is 1. The Balaban J connectivity index is 0.00000121. The molecule has 6 heteroatoms. The Labute approximate surface area is 75.7 Å². The molecule has 1 aromatic heterocycles. The molecule has 12 heavy (non-hydrogen) atoms. The highest BCUT2D eigenvalue weighted by Gasteiger charge is 2.08. The van der Waals surface area contributed by atoms with Crippen molar-refractivity contribution < 1.29 is 9.53 Å². The predicted molar refractivity (Wildman–Crippen MR) is 46.2 cm³/mol. The van der Waals surface area contributed by atoms with Gasteiger partial charge < -0.3 is 15.5 Å². The van der Waals surface area contributed by atoms with E-state index in [1.807, 2.05) is 0 Å². The summed E-state index contributed by atoms with van der Waals surface area (Å²) in [5, 5.41) is 0. The van der Waals surface area contributed by atoms with Gasteiger partial charge in [0.1, 0.15) is 5.82 Å². The van der Waals surface area contributed by atoms with E-state index in [9.17, 15) is 4.79 Å². The van der Waals surface area contributed by atoms with Crippen LogP contribution in [0.25, 0.3) is 0 Å². The third kappa shape index (κ3) is 2.43. The second kappa shape index (κ2) is 4.61. The number of hydrogen-bond acceptors (Lipinski definition) is 4. The lowest BCUT2D eigenvalue weighted by Gasteiger charge is -1.95. The number of H-pyrrole nitrogens is 1. The quantitative estimate of drug-likeness (QED) is 0.671. The van der Waals surface area contributed by atoms with E-state index in [1.165, 1.54) is 6.20 Å². The molecule has 0 aliphatic rings. The number of rotatable bonds is 2. The second-order valence-corrected chi connectivity index (χ2v) is 1.91. The number of carbonyl (C=O) groups excluding carboxylic acids is 1. The van der Waals surface area contributed by atoms with Gasteiger partial charge in [-0.2, -0.15) is 0 Å². The number of ether oxygens (including phenoxy) is 1. The summed E-state index contributed by atoms with van der Waals surface area (Å²) in [4.78, 5) is 17.1. The molecule has 3 N–H and O–H groups in total. The molecule has 0 aliphatic carbocycles. The molecule has 0 spiro atoms. The Hall–Kier alpha value is -1.23. The zero-order valence-corrected chi connectivity index (χ0v) is 7.35. The van der Waals surface area contributed by atoms with Crippen LogP contribution in [-0.4, -0.2) is 22.5 Å². The van der Waals surface area contributed by atoms with E-state index in [-0.39, 0.29) is 18.2 Å². The van der Waals surface area contributed by atoms with Gasteiger partial charge in [-0.05, 0) is 6.92 Å². The summed E-state index contributed by atoms with van der Waals surface area (Å²) in [7, 11) is 0. The number of halogens is 1. The van der Waals surface area contributed by atoms with Crippen molar-refractivity contribution in [3.05, 3.63) is 12.0 Å². The monoisotopic (exact) mass is 191 g/mol. The smallest absolute Gasteiger partial charge is 0.374 e. The lowest BCUT2D eigenvalue weighted by atomic mass is 10.6. The zero-order valence-electron chi connectivity index (χ0n) is 6.53. The molecule has 0 atom stereocenters. The standard InChI is InChI=1S/C6H9N3O2.ClH/c1-2-11-6(10)5-8-3-4(7)9-5;/h3H,2,7H2,1H3,(H,8,9);1H. The molecule has 0 aliphatic heterocycles. The highest BCUT2D eigenvalue weighted by Crippen LogP contribution is 1.98. The van der Waals surface area contributed by atoms with Crippen molar-refractivity contribution in [3.8, 4) is 0 Å². The number of nitrogen functional groups attached to an aromatic ring is 1. The first-order valence-corrected chi connectivity index (χ1v) is 3.21. The number of esters is 1. The average molecular weight is 192 g/mol. The molecule has 1 rings (SSSR count). The van der Waals surface area contributed by atoms with E-state index in [0.717, 1.165) is 0 Å². The third-order valence-corrected chi connectivity index (χ3v) is 1.06. The van der Waals surface area contributed by atoms with E-state index in [1.54, 1.807) is 6.92 Å². The Bertz CT molecular complexity index is 261. The molecule has 68 valence electrons. The van der Waals surface area contributed by atoms with E-state index >= 15 is 0 Å². The Morgan fingerprint density at radius 1 is 1.83 bits per heavy atom. The van der Waals surface area contributed by atoms with E-state index in [0.29, 0.717) is 12.4 Å². The lowest BCUT2D eigenvalue weighted by Crippen LogP contribution is -2.06. The van der Waals surface area contributed by atoms with Crippen LogP contribution in [0, 0.1) is 0 Å². The highest BCUT2D eigenvalue weighted by atomic mass is 35.5. The van der Waals surface area contributed by atoms with Crippen LogP contribution in [0.2, 0.25) is 0 Å². The van der Waals surface area contributed by atoms with Gasteiger partial charge in [0.15, 0.2) is 0 Å². The molecule has 0 saturated carbocycles. The van der Waals surface area contributed by atoms with Gasteiger partial charge in [0.25, 0.3) is 0 Å². The van der Waals surface area contributed by atoms with Gasteiger partial charge in [-0.25, -0.2) is 9.78 Å². The van der Waals surface area contributed by atoms with Crippen LogP contribution in [0.3, 0.4) is 0 Å². The number of nitrogens with one attached hydrogen (secondary N) is 1. The van der Waals surface area contributed by atoms with Crippen LogP contribution >= 0.6 is 12.4 Å². The molecule has 5 nitrogen and oxygen atoms in total. The molecular formula is C6H10ClN3O2. The van der Waals surface area contributed by atoms with Crippen molar-refractivity contribution in [3.63, 3.8) is 0 Å². The number of hydrogen-bond donors (Lipinski definition) is 2. The average Bonchev–Trinajstić information content (AvgIpc) is 2.36. The third-order valence-electron chi connectivity index (χ3n) is 1.06. The zero-order chi connectivity index (χ0) is 8.27. The maximum Gasteiger partial charge on any atom is 0.374 e. The Kier molecular flexibility index (Phi) is 4.14. The van der Waals surface area contributed by atoms with Gasteiger partial charge in [-0.15, -0.1) is 12.4 Å². The summed E-state index contributed by atoms with van der Waals surface area (Å²) >= 11 is 0. The van der Waals surface area contributed by atoms with Crippen LogP contribution in [0.15, 0.2) is 6.20 Å². The maximum absolute atomic E-state index is 10.9. The van der Waals surface area contributed by atoms with Gasteiger partial charge in [-0.1, -0.05) is 0 Å². The van der Waals surface area contributed by atoms with Crippen LogP contribution < -0.4 is 5.73 Å². The number of aromatic nitrogens is 2. The van der Waals surface area contributed by atoms with Crippen molar-refractivity contribution in [1.29, 1.82) is 0 Å². The topological polar surface area (TPSA) is 81.0 Å². The minimum Gasteiger partial charge on any atom is -0.460 e. The van der Waals surface area contributed by atoms with Gasteiger partial charge in [-0.3, -0.25) is 0 Å². The van der Waals surface area contributed by atoms with E-state index in [2.05, 4.69) is 14.7 Å². The molecule has 0 radical (unpaired) electrons. The molecule has 0 unspecified atom stereocenters. The van der Waals surface area contributed by atoms with Crippen LogP contribution in [0.4, 0.5) is 5.82 Å². The first-order valence-electron chi connectivity index (χ1n) is 3.21. The number of anilines is 1. The largest absolute Gasteiger partial charge is 0.460 e. The Morgan fingerprint density at radius 2 is 2.50 bits per heavy atom. The minimum absolute atomic E-state index is 0. The number of aromatic amines is 1. The fourth-order valence-corrected chi connectivity index (χ4v) is 0.639. The number of nitrogens with zero attached hydrogens (tertiary/aromatic N) is 1. The highest BCUT2D eigenvalue weighted by molar-refractivity contribution is 5.85. The molecular weight excluding hydrogens is 182 g/mol. The Morgan fingerprint density at radius 3 is 2.92 bits per heavy atom. The van der Waals surface area contributed by atoms with Crippen molar-refractivity contribution in [2.45, 2.75) is 6.92 Å². The van der Waals surface area contributed by atoms with Crippen LogP contribution in [0.1, 0.15) is 17.5 Å². The minimum atomic E-state index is -0.482. The van der Waals surface area contributed by atoms with E-state index < -0.39 is 5.97 Å². The fourth-order valence-electron chi connectivity index (χ4n) is 0.639. The maximum atomic E-state index is 10.9. The summed E-state index contributed by atoms with van der Waals surface area (Å²) in [5.74, 6) is 0.0154. The van der Waals surface area contributed by atoms with Gasteiger partial charge in [0.05, 0.1) is 12.8 Å². The molecule has 0 aromatic carbocycles. The SMILES string of the molecule is CCOC(=O)c1ncc(N)[nH]1.Cl.